The molecular formula is C16H11FN4O. The van der Waals surface area contributed by atoms with Gasteiger partial charge in [0.2, 0.25) is 5.88 Å². The Bertz CT molecular complexity index is 889. The van der Waals surface area contributed by atoms with Gasteiger partial charge in [-0.25, -0.2) is 14.4 Å². The summed E-state index contributed by atoms with van der Waals surface area (Å²) in [6, 6.07) is 11.7. The van der Waals surface area contributed by atoms with Gasteiger partial charge in [0.05, 0.1) is 30.2 Å². The monoisotopic (exact) mass is 294 g/mol. The van der Waals surface area contributed by atoms with E-state index in [2.05, 4.69) is 21.4 Å². The molecule has 0 fully saturated rings. The first-order chi connectivity index (χ1) is 10.7. The lowest BCUT2D eigenvalue weighted by Gasteiger charge is -2.11. The van der Waals surface area contributed by atoms with Gasteiger partial charge in [0.25, 0.3) is 0 Å². The van der Waals surface area contributed by atoms with Crippen molar-refractivity contribution in [3.63, 3.8) is 0 Å². The summed E-state index contributed by atoms with van der Waals surface area (Å²) in [6.45, 7) is 0. The first kappa shape index (κ1) is 13.8. The van der Waals surface area contributed by atoms with E-state index in [1.54, 1.807) is 30.3 Å². The van der Waals surface area contributed by atoms with Gasteiger partial charge in [0, 0.05) is 0 Å². The van der Waals surface area contributed by atoms with Crippen LogP contribution in [0.15, 0.2) is 42.6 Å². The van der Waals surface area contributed by atoms with Crippen LogP contribution in [-0.4, -0.2) is 17.1 Å². The third-order valence-electron chi connectivity index (χ3n) is 3.16. The normalized spacial score (nSPS) is 10.2. The molecule has 1 heterocycles. The minimum absolute atomic E-state index is 0.284. The molecular weight excluding hydrogens is 283 g/mol. The van der Waals surface area contributed by atoms with Gasteiger partial charge in [-0.15, -0.1) is 0 Å². The Morgan fingerprint density at radius 1 is 1.18 bits per heavy atom. The molecule has 5 nitrogen and oxygen atoms in total. The van der Waals surface area contributed by atoms with E-state index >= 15 is 0 Å². The van der Waals surface area contributed by atoms with E-state index in [4.69, 9.17) is 4.74 Å². The molecule has 1 aromatic heterocycles. The molecule has 0 amide bonds. The molecule has 0 aliphatic heterocycles. The average molecular weight is 294 g/mol. The summed E-state index contributed by atoms with van der Waals surface area (Å²) in [6.07, 6.45) is 1.48. The van der Waals surface area contributed by atoms with Crippen LogP contribution in [0.25, 0.3) is 11.0 Å². The zero-order chi connectivity index (χ0) is 15.5. The van der Waals surface area contributed by atoms with Gasteiger partial charge in [0.15, 0.2) is 0 Å². The SMILES string of the molecule is COc1cnc2ccc(Nc3ccccc3F)c(C#N)c2n1. The van der Waals surface area contributed by atoms with E-state index in [0.29, 0.717) is 22.6 Å². The van der Waals surface area contributed by atoms with Crippen molar-refractivity contribution in [1.82, 2.24) is 9.97 Å². The van der Waals surface area contributed by atoms with Crippen molar-refractivity contribution < 1.29 is 9.13 Å². The highest BCUT2D eigenvalue weighted by Gasteiger charge is 2.12. The average Bonchev–Trinajstić information content (AvgIpc) is 2.56. The summed E-state index contributed by atoms with van der Waals surface area (Å²) < 4.78 is 18.8. The van der Waals surface area contributed by atoms with Crippen LogP contribution in [-0.2, 0) is 0 Å². The number of nitrogens with one attached hydrogen (secondary N) is 1. The predicted octanol–water partition coefficient (Wildman–Crippen LogP) is 3.39. The third kappa shape index (κ3) is 2.40. The Labute approximate surface area is 126 Å². The number of ether oxygens (including phenoxy) is 1. The molecule has 108 valence electrons. The molecule has 3 rings (SSSR count). The van der Waals surface area contributed by atoms with Crippen molar-refractivity contribution in [3.8, 4) is 11.9 Å². The molecule has 22 heavy (non-hydrogen) atoms. The first-order valence-electron chi connectivity index (χ1n) is 6.48. The van der Waals surface area contributed by atoms with Crippen LogP contribution in [0.2, 0.25) is 0 Å². The van der Waals surface area contributed by atoms with Gasteiger partial charge in [-0.05, 0) is 24.3 Å². The van der Waals surface area contributed by atoms with Crippen LogP contribution >= 0.6 is 0 Å². The number of halogens is 1. The topological polar surface area (TPSA) is 70.8 Å². The standard InChI is InChI=1S/C16H11FN4O/c1-22-15-9-19-14-7-6-12(10(8-18)16(14)21-15)20-13-5-3-2-4-11(13)17/h2-7,9,20H,1H3. The predicted molar refractivity (Wildman–Crippen MR) is 80.5 cm³/mol. The van der Waals surface area contributed by atoms with Crippen molar-refractivity contribution in [2.75, 3.05) is 12.4 Å². The number of para-hydroxylation sites is 1. The van der Waals surface area contributed by atoms with Crippen LogP contribution < -0.4 is 10.1 Å². The number of fused-ring (bicyclic) bond motifs is 1. The molecule has 0 saturated carbocycles. The molecule has 1 N–H and O–H groups in total. The lowest BCUT2D eigenvalue weighted by Crippen LogP contribution is -1.99. The van der Waals surface area contributed by atoms with Gasteiger partial charge in [0.1, 0.15) is 23.0 Å². The smallest absolute Gasteiger partial charge is 0.232 e. The minimum atomic E-state index is -0.400. The number of nitrogens with zero attached hydrogens (tertiary/aromatic N) is 3. The van der Waals surface area contributed by atoms with Crippen LogP contribution in [0.5, 0.6) is 5.88 Å². The minimum Gasteiger partial charge on any atom is -0.480 e. The van der Waals surface area contributed by atoms with E-state index in [1.165, 1.54) is 19.4 Å². The molecule has 0 saturated heterocycles. The Kier molecular flexibility index (Phi) is 3.54. The maximum atomic E-state index is 13.8. The highest BCUT2D eigenvalue weighted by Crippen LogP contribution is 2.28. The maximum absolute atomic E-state index is 13.8. The lowest BCUT2D eigenvalue weighted by atomic mass is 10.1. The van der Waals surface area contributed by atoms with Gasteiger partial charge in [-0.2, -0.15) is 5.26 Å². The molecule has 0 atom stereocenters. The highest BCUT2D eigenvalue weighted by atomic mass is 19.1. The summed E-state index contributed by atoms with van der Waals surface area (Å²) in [5, 5.41) is 12.4. The Morgan fingerprint density at radius 3 is 2.73 bits per heavy atom. The highest BCUT2D eigenvalue weighted by molar-refractivity contribution is 5.88. The van der Waals surface area contributed by atoms with Crippen LogP contribution in [0.4, 0.5) is 15.8 Å². The number of benzene rings is 2. The number of aromatic nitrogens is 2. The molecule has 0 aliphatic carbocycles. The molecule has 0 bridgehead atoms. The number of hydrogen-bond acceptors (Lipinski definition) is 5. The van der Waals surface area contributed by atoms with E-state index in [1.807, 2.05) is 0 Å². The summed E-state index contributed by atoms with van der Waals surface area (Å²) in [4.78, 5) is 8.43. The molecule has 0 aliphatic rings. The van der Waals surface area contributed by atoms with Gasteiger partial charge in [-0.1, -0.05) is 12.1 Å². The molecule has 2 aromatic carbocycles. The zero-order valence-electron chi connectivity index (χ0n) is 11.7. The van der Waals surface area contributed by atoms with Crippen molar-refractivity contribution in [3.05, 3.63) is 54.0 Å². The number of methoxy groups -OCH3 is 1. The summed E-state index contributed by atoms with van der Waals surface area (Å²) in [7, 11) is 1.48. The van der Waals surface area contributed by atoms with E-state index in [0.717, 1.165) is 0 Å². The van der Waals surface area contributed by atoms with Gasteiger partial charge >= 0.3 is 0 Å². The second kappa shape index (κ2) is 5.66. The number of rotatable bonds is 3. The van der Waals surface area contributed by atoms with E-state index < -0.39 is 5.82 Å². The number of nitriles is 1. The van der Waals surface area contributed by atoms with Crippen LogP contribution in [0.3, 0.4) is 0 Å². The Hall–Kier alpha value is -3.20. The van der Waals surface area contributed by atoms with E-state index in [9.17, 15) is 9.65 Å². The molecule has 0 radical (unpaired) electrons. The Morgan fingerprint density at radius 2 is 2.00 bits per heavy atom. The van der Waals surface area contributed by atoms with Crippen LogP contribution in [0.1, 0.15) is 5.56 Å². The van der Waals surface area contributed by atoms with Crippen molar-refractivity contribution >= 4 is 22.4 Å². The van der Waals surface area contributed by atoms with Crippen LogP contribution in [0, 0.1) is 17.1 Å². The second-order valence-corrected chi connectivity index (χ2v) is 4.48. The van der Waals surface area contributed by atoms with E-state index in [-0.39, 0.29) is 11.3 Å². The maximum Gasteiger partial charge on any atom is 0.232 e. The summed E-state index contributed by atoms with van der Waals surface area (Å²) in [5.41, 5.74) is 2.00. The molecule has 0 spiro atoms. The zero-order valence-corrected chi connectivity index (χ0v) is 11.7. The quantitative estimate of drug-likeness (QED) is 0.801. The molecule has 0 unspecified atom stereocenters. The number of hydrogen-bond donors (Lipinski definition) is 1. The number of anilines is 2. The third-order valence-corrected chi connectivity index (χ3v) is 3.16. The lowest BCUT2D eigenvalue weighted by molar-refractivity contribution is 0.397. The fraction of sp³-hybridized carbons (Fsp3) is 0.0625. The summed E-state index contributed by atoms with van der Waals surface area (Å²) in [5.74, 6) is -0.0877. The summed E-state index contributed by atoms with van der Waals surface area (Å²) >= 11 is 0. The van der Waals surface area contributed by atoms with Crippen molar-refractivity contribution in [2.24, 2.45) is 0 Å². The fourth-order valence-corrected chi connectivity index (χ4v) is 2.08. The second-order valence-electron chi connectivity index (χ2n) is 4.48. The van der Waals surface area contributed by atoms with Crippen molar-refractivity contribution in [1.29, 1.82) is 5.26 Å². The Balaban J connectivity index is 2.14. The molecule has 6 heteroatoms. The van der Waals surface area contributed by atoms with Gasteiger partial charge in [-0.3, -0.25) is 0 Å². The largest absolute Gasteiger partial charge is 0.480 e. The molecule has 3 aromatic rings. The van der Waals surface area contributed by atoms with Gasteiger partial charge < -0.3 is 10.1 Å². The fourth-order valence-electron chi connectivity index (χ4n) is 2.08. The van der Waals surface area contributed by atoms with Crippen molar-refractivity contribution in [2.45, 2.75) is 0 Å². The first-order valence-corrected chi connectivity index (χ1v) is 6.48.